The van der Waals surface area contributed by atoms with Crippen LogP contribution in [0.3, 0.4) is 0 Å². The van der Waals surface area contributed by atoms with Crippen molar-refractivity contribution in [2.75, 3.05) is 26.8 Å². The summed E-state index contributed by atoms with van der Waals surface area (Å²) in [7, 11) is 4.46. The number of methoxy groups -OCH3 is 3. The molecule has 0 bridgehead atoms. The zero-order chi connectivity index (χ0) is 15.9. The first-order chi connectivity index (χ1) is 10.7. The first-order valence-corrected chi connectivity index (χ1v) is 6.32. The van der Waals surface area contributed by atoms with Crippen LogP contribution in [0.25, 0.3) is 0 Å². The molecule has 0 saturated carbocycles. The van der Waals surface area contributed by atoms with Crippen LogP contribution >= 0.6 is 0 Å². The van der Waals surface area contributed by atoms with Gasteiger partial charge in [0, 0.05) is 18.0 Å². The SMILES string of the molecule is COc1cc(C(=O)NNc2cnccn2)cc(OC)c1OC. The van der Waals surface area contributed by atoms with Gasteiger partial charge in [0.15, 0.2) is 17.3 Å². The smallest absolute Gasteiger partial charge is 0.269 e. The number of ether oxygens (including phenoxy) is 3. The topological polar surface area (TPSA) is 94.6 Å². The number of carbonyl (C=O) groups excluding carboxylic acids is 1. The third kappa shape index (κ3) is 3.35. The largest absolute Gasteiger partial charge is 0.493 e. The molecule has 0 radical (unpaired) electrons. The molecule has 0 atom stereocenters. The number of nitrogens with one attached hydrogen (secondary N) is 2. The molecule has 0 saturated heterocycles. The molecule has 0 aliphatic heterocycles. The number of aromatic nitrogens is 2. The molecule has 2 rings (SSSR count). The molecule has 0 spiro atoms. The molecular formula is C14H16N4O4. The molecule has 0 aliphatic carbocycles. The Labute approximate surface area is 127 Å². The molecule has 0 unspecified atom stereocenters. The highest BCUT2D eigenvalue weighted by atomic mass is 16.5. The quantitative estimate of drug-likeness (QED) is 0.776. The summed E-state index contributed by atoms with van der Waals surface area (Å²) in [5, 5.41) is 0. The molecule has 22 heavy (non-hydrogen) atoms. The van der Waals surface area contributed by atoms with Gasteiger partial charge < -0.3 is 14.2 Å². The lowest BCUT2D eigenvalue weighted by atomic mass is 10.1. The molecule has 0 fully saturated rings. The van der Waals surface area contributed by atoms with E-state index in [1.54, 1.807) is 12.1 Å². The van der Waals surface area contributed by atoms with E-state index in [9.17, 15) is 4.79 Å². The van der Waals surface area contributed by atoms with Crippen LogP contribution in [0.5, 0.6) is 17.2 Å². The van der Waals surface area contributed by atoms with Crippen molar-refractivity contribution in [2.24, 2.45) is 0 Å². The molecule has 1 aromatic heterocycles. The van der Waals surface area contributed by atoms with E-state index in [0.29, 0.717) is 28.6 Å². The van der Waals surface area contributed by atoms with Crippen molar-refractivity contribution in [2.45, 2.75) is 0 Å². The Morgan fingerprint density at radius 2 is 1.73 bits per heavy atom. The predicted molar refractivity (Wildman–Crippen MR) is 79.2 cm³/mol. The minimum Gasteiger partial charge on any atom is -0.493 e. The van der Waals surface area contributed by atoms with E-state index in [4.69, 9.17) is 14.2 Å². The van der Waals surface area contributed by atoms with Gasteiger partial charge in [-0.3, -0.25) is 20.6 Å². The van der Waals surface area contributed by atoms with Crippen molar-refractivity contribution in [3.8, 4) is 17.2 Å². The van der Waals surface area contributed by atoms with Gasteiger partial charge in [0.25, 0.3) is 5.91 Å². The minimum atomic E-state index is -0.384. The third-order valence-electron chi connectivity index (χ3n) is 2.79. The van der Waals surface area contributed by atoms with Gasteiger partial charge >= 0.3 is 0 Å². The highest BCUT2D eigenvalue weighted by molar-refractivity contribution is 5.96. The Kier molecular flexibility index (Phi) is 4.97. The first kappa shape index (κ1) is 15.4. The molecule has 8 nitrogen and oxygen atoms in total. The summed E-state index contributed by atoms with van der Waals surface area (Å²) in [5.74, 6) is 1.25. The van der Waals surface area contributed by atoms with Crippen LogP contribution in [-0.4, -0.2) is 37.2 Å². The first-order valence-electron chi connectivity index (χ1n) is 6.32. The van der Waals surface area contributed by atoms with Gasteiger partial charge in [-0.25, -0.2) is 4.98 Å². The van der Waals surface area contributed by atoms with Crippen LogP contribution in [0.15, 0.2) is 30.7 Å². The second kappa shape index (κ2) is 7.11. The highest BCUT2D eigenvalue weighted by Gasteiger charge is 2.16. The Balaban J connectivity index is 2.19. The fourth-order valence-electron chi connectivity index (χ4n) is 1.77. The van der Waals surface area contributed by atoms with Crippen molar-refractivity contribution in [3.05, 3.63) is 36.3 Å². The van der Waals surface area contributed by atoms with E-state index in [-0.39, 0.29) is 5.91 Å². The van der Waals surface area contributed by atoms with Crippen molar-refractivity contribution in [1.82, 2.24) is 15.4 Å². The van der Waals surface area contributed by atoms with Gasteiger partial charge in [-0.2, -0.15) is 0 Å². The lowest BCUT2D eigenvalue weighted by molar-refractivity contribution is 0.0961. The number of hydrogen-bond donors (Lipinski definition) is 2. The Morgan fingerprint density at radius 3 is 2.23 bits per heavy atom. The fourth-order valence-corrected chi connectivity index (χ4v) is 1.77. The van der Waals surface area contributed by atoms with Crippen LogP contribution in [0.4, 0.5) is 5.82 Å². The number of anilines is 1. The Hall–Kier alpha value is -3.03. The zero-order valence-electron chi connectivity index (χ0n) is 12.4. The molecule has 1 aromatic carbocycles. The predicted octanol–water partition coefficient (Wildman–Crippen LogP) is 1.26. The average Bonchev–Trinajstić information content (AvgIpc) is 2.59. The van der Waals surface area contributed by atoms with Crippen LogP contribution in [0, 0.1) is 0 Å². The fraction of sp³-hybridized carbons (Fsp3) is 0.214. The summed E-state index contributed by atoms with van der Waals surface area (Å²) in [6.07, 6.45) is 4.52. The maximum absolute atomic E-state index is 12.2. The van der Waals surface area contributed by atoms with E-state index >= 15 is 0 Å². The zero-order valence-corrected chi connectivity index (χ0v) is 12.4. The maximum atomic E-state index is 12.2. The van der Waals surface area contributed by atoms with Gasteiger partial charge in [0.05, 0.1) is 27.5 Å². The summed E-state index contributed by atoms with van der Waals surface area (Å²) < 4.78 is 15.6. The van der Waals surface area contributed by atoms with Crippen molar-refractivity contribution in [1.29, 1.82) is 0 Å². The second-order valence-corrected chi connectivity index (χ2v) is 4.08. The molecule has 2 aromatic rings. The van der Waals surface area contributed by atoms with Crippen LogP contribution in [0.2, 0.25) is 0 Å². The maximum Gasteiger partial charge on any atom is 0.269 e. The number of hydrogen-bond acceptors (Lipinski definition) is 7. The summed E-state index contributed by atoms with van der Waals surface area (Å²) in [6.45, 7) is 0. The van der Waals surface area contributed by atoms with Gasteiger partial charge in [-0.1, -0.05) is 0 Å². The number of carbonyl (C=O) groups is 1. The molecule has 116 valence electrons. The van der Waals surface area contributed by atoms with Crippen LogP contribution in [-0.2, 0) is 0 Å². The number of hydrazine groups is 1. The standard InChI is InChI=1S/C14H16N4O4/c1-20-10-6-9(7-11(21-2)13(10)22-3)14(19)18-17-12-8-15-4-5-16-12/h4-8H,1-3H3,(H,16,17)(H,18,19). The molecular weight excluding hydrogens is 288 g/mol. The van der Waals surface area contributed by atoms with Crippen molar-refractivity contribution >= 4 is 11.7 Å². The van der Waals surface area contributed by atoms with E-state index in [1.807, 2.05) is 0 Å². The number of benzene rings is 1. The summed E-state index contributed by atoms with van der Waals surface area (Å²) in [6, 6.07) is 3.10. The van der Waals surface area contributed by atoms with Gasteiger partial charge in [0.1, 0.15) is 0 Å². The third-order valence-corrected chi connectivity index (χ3v) is 2.79. The van der Waals surface area contributed by atoms with Crippen molar-refractivity contribution in [3.63, 3.8) is 0 Å². The Bertz CT molecular complexity index is 624. The molecule has 1 amide bonds. The van der Waals surface area contributed by atoms with E-state index < -0.39 is 0 Å². The Morgan fingerprint density at radius 1 is 1.05 bits per heavy atom. The monoisotopic (exact) mass is 304 g/mol. The lowest BCUT2D eigenvalue weighted by Crippen LogP contribution is -2.29. The van der Waals surface area contributed by atoms with E-state index in [2.05, 4.69) is 20.8 Å². The molecule has 0 aliphatic rings. The molecule has 8 heteroatoms. The van der Waals surface area contributed by atoms with Crippen LogP contribution in [0.1, 0.15) is 10.4 Å². The summed E-state index contributed by atoms with van der Waals surface area (Å²) in [5.41, 5.74) is 5.51. The molecule has 1 heterocycles. The van der Waals surface area contributed by atoms with Crippen LogP contribution < -0.4 is 25.1 Å². The van der Waals surface area contributed by atoms with E-state index in [1.165, 1.54) is 39.9 Å². The minimum absolute atomic E-state index is 0.339. The lowest BCUT2D eigenvalue weighted by Gasteiger charge is -2.14. The second-order valence-electron chi connectivity index (χ2n) is 4.08. The summed E-state index contributed by atoms with van der Waals surface area (Å²) >= 11 is 0. The highest BCUT2D eigenvalue weighted by Crippen LogP contribution is 2.38. The van der Waals surface area contributed by atoms with Gasteiger partial charge in [0.2, 0.25) is 5.75 Å². The normalized spacial score (nSPS) is 9.77. The van der Waals surface area contributed by atoms with E-state index in [0.717, 1.165) is 0 Å². The molecule has 2 N–H and O–H groups in total. The number of rotatable bonds is 6. The van der Waals surface area contributed by atoms with Gasteiger partial charge in [-0.15, -0.1) is 0 Å². The van der Waals surface area contributed by atoms with Crippen molar-refractivity contribution < 1.29 is 19.0 Å². The number of amides is 1. The average molecular weight is 304 g/mol. The number of nitrogens with zero attached hydrogens (tertiary/aromatic N) is 2. The van der Waals surface area contributed by atoms with Gasteiger partial charge in [-0.05, 0) is 12.1 Å². The summed E-state index contributed by atoms with van der Waals surface area (Å²) in [4.78, 5) is 20.0.